The number of carbonyl (C=O) groups excluding carboxylic acids is 1. The van der Waals surface area contributed by atoms with Crippen LogP contribution in [0, 0.1) is 0 Å². The number of rotatable bonds is 7. The summed E-state index contributed by atoms with van der Waals surface area (Å²) in [6, 6.07) is 13.6. The maximum absolute atomic E-state index is 12.3. The molecule has 0 radical (unpaired) electrons. The van der Waals surface area contributed by atoms with E-state index in [1.54, 1.807) is 26.4 Å². The number of thioether (sulfide) groups is 1. The van der Waals surface area contributed by atoms with Gasteiger partial charge in [-0.05, 0) is 60.5 Å². The van der Waals surface area contributed by atoms with E-state index in [1.807, 2.05) is 24.3 Å². The van der Waals surface area contributed by atoms with Gasteiger partial charge in [0, 0.05) is 11.6 Å². The molecule has 28 heavy (non-hydrogen) atoms. The monoisotopic (exact) mass is 396 g/mol. The lowest BCUT2D eigenvalue weighted by Crippen LogP contribution is -2.19. The van der Waals surface area contributed by atoms with Crippen LogP contribution in [-0.4, -0.2) is 25.3 Å². The Morgan fingerprint density at radius 3 is 2.57 bits per heavy atom. The lowest BCUT2D eigenvalue weighted by molar-refractivity contribution is -0.115. The van der Waals surface area contributed by atoms with Crippen molar-refractivity contribution in [3.63, 3.8) is 0 Å². The number of amides is 1. The molecule has 0 bridgehead atoms. The Hall–Kier alpha value is -2.73. The molecule has 1 amide bonds. The zero-order valence-corrected chi connectivity index (χ0v) is 17.1. The Kier molecular flexibility index (Phi) is 6.76. The standard InChI is InChI=1S/C22H24N2O3S/c1-4-5-6-15-7-10-17(11-8-15)23-22-24-21(25)20(28-22)13-16-9-12-18(26-2)14-19(16)27-3/h7-14H,4-6H2,1-3H3,(H,23,24,25). The summed E-state index contributed by atoms with van der Waals surface area (Å²) in [5.74, 6) is 1.18. The molecular formula is C22H24N2O3S. The first-order valence-electron chi connectivity index (χ1n) is 9.23. The molecule has 6 heteroatoms. The van der Waals surface area contributed by atoms with Crippen molar-refractivity contribution in [3.05, 3.63) is 58.5 Å². The van der Waals surface area contributed by atoms with Crippen molar-refractivity contribution >= 4 is 34.6 Å². The normalized spacial score (nSPS) is 16.5. The number of hydrogen-bond donors (Lipinski definition) is 1. The summed E-state index contributed by atoms with van der Waals surface area (Å²) in [7, 11) is 3.20. The molecule has 1 N–H and O–H groups in total. The third-order valence-electron chi connectivity index (χ3n) is 4.36. The highest BCUT2D eigenvalue weighted by molar-refractivity contribution is 8.18. The Morgan fingerprint density at radius 2 is 1.89 bits per heavy atom. The molecule has 0 spiro atoms. The quantitative estimate of drug-likeness (QED) is 0.674. The first kappa shape index (κ1) is 20.0. The van der Waals surface area contributed by atoms with Crippen molar-refractivity contribution in [2.24, 2.45) is 4.99 Å². The van der Waals surface area contributed by atoms with Crippen LogP contribution in [0.2, 0.25) is 0 Å². The van der Waals surface area contributed by atoms with Gasteiger partial charge in [0.2, 0.25) is 0 Å². The van der Waals surface area contributed by atoms with Crippen LogP contribution in [0.25, 0.3) is 6.08 Å². The number of unbranched alkanes of at least 4 members (excludes halogenated alkanes) is 1. The Morgan fingerprint density at radius 1 is 1.11 bits per heavy atom. The van der Waals surface area contributed by atoms with Crippen LogP contribution in [0.15, 0.2) is 52.4 Å². The Bertz CT molecular complexity index is 904. The number of nitrogens with zero attached hydrogens (tertiary/aromatic N) is 1. The predicted octanol–water partition coefficient (Wildman–Crippen LogP) is 4.94. The molecule has 2 aromatic rings. The third kappa shape index (κ3) is 4.95. The maximum atomic E-state index is 12.3. The third-order valence-corrected chi connectivity index (χ3v) is 5.27. The first-order valence-corrected chi connectivity index (χ1v) is 10.0. The summed E-state index contributed by atoms with van der Waals surface area (Å²) in [5, 5.41) is 3.40. The van der Waals surface area contributed by atoms with E-state index < -0.39 is 0 Å². The van der Waals surface area contributed by atoms with Crippen LogP contribution in [-0.2, 0) is 11.2 Å². The lowest BCUT2D eigenvalue weighted by Gasteiger charge is -2.07. The largest absolute Gasteiger partial charge is 0.497 e. The van der Waals surface area contributed by atoms with Crippen LogP contribution in [0.1, 0.15) is 30.9 Å². The molecule has 146 valence electrons. The van der Waals surface area contributed by atoms with Gasteiger partial charge in [0.25, 0.3) is 5.91 Å². The molecule has 0 saturated carbocycles. The van der Waals surface area contributed by atoms with Gasteiger partial charge in [-0.2, -0.15) is 0 Å². The molecule has 0 aliphatic carbocycles. The predicted molar refractivity (Wildman–Crippen MR) is 115 cm³/mol. The second kappa shape index (κ2) is 9.46. The highest BCUT2D eigenvalue weighted by atomic mass is 32.2. The molecule has 1 aliphatic heterocycles. The van der Waals surface area contributed by atoms with E-state index in [0.29, 0.717) is 21.6 Å². The van der Waals surface area contributed by atoms with Crippen LogP contribution in [0.4, 0.5) is 5.69 Å². The van der Waals surface area contributed by atoms with E-state index in [0.717, 1.165) is 17.7 Å². The number of nitrogens with one attached hydrogen (secondary N) is 1. The molecule has 2 aromatic carbocycles. The number of hydrogen-bond acceptors (Lipinski definition) is 5. The molecule has 1 saturated heterocycles. The van der Waals surface area contributed by atoms with E-state index in [4.69, 9.17) is 9.47 Å². The van der Waals surface area contributed by atoms with Gasteiger partial charge in [0.05, 0.1) is 24.8 Å². The molecule has 1 heterocycles. The van der Waals surface area contributed by atoms with E-state index in [-0.39, 0.29) is 5.91 Å². The zero-order chi connectivity index (χ0) is 19.9. The number of aryl methyl sites for hydroxylation is 1. The van der Waals surface area contributed by atoms with E-state index in [9.17, 15) is 4.79 Å². The van der Waals surface area contributed by atoms with Gasteiger partial charge in [0.1, 0.15) is 11.5 Å². The summed E-state index contributed by atoms with van der Waals surface area (Å²) in [5.41, 5.74) is 2.94. The van der Waals surface area contributed by atoms with Crippen LogP contribution in [0.5, 0.6) is 11.5 Å². The topological polar surface area (TPSA) is 59.9 Å². The number of aliphatic imine (C=N–C) groups is 1. The molecule has 1 aliphatic rings. The molecule has 3 rings (SSSR count). The van der Waals surface area contributed by atoms with E-state index >= 15 is 0 Å². The fraction of sp³-hybridized carbons (Fsp3) is 0.273. The summed E-state index contributed by atoms with van der Waals surface area (Å²) in [6.07, 6.45) is 5.24. The maximum Gasteiger partial charge on any atom is 0.264 e. The number of benzene rings is 2. The van der Waals surface area contributed by atoms with Gasteiger partial charge in [-0.1, -0.05) is 25.5 Å². The van der Waals surface area contributed by atoms with Gasteiger partial charge in [-0.25, -0.2) is 4.99 Å². The van der Waals surface area contributed by atoms with Crippen molar-refractivity contribution < 1.29 is 14.3 Å². The SMILES string of the molecule is CCCCc1ccc(N=C2NC(=O)C(=Cc3ccc(OC)cc3OC)S2)cc1. The molecule has 0 atom stereocenters. The molecule has 0 aromatic heterocycles. The fourth-order valence-corrected chi connectivity index (χ4v) is 3.63. The van der Waals surface area contributed by atoms with Crippen LogP contribution < -0.4 is 14.8 Å². The van der Waals surface area contributed by atoms with Crippen molar-refractivity contribution in [1.82, 2.24) is 5.32 Å². The van der Waals surface area contributed by atoms with Crippen LogP contribution in [0.3, 0.4) is 0 Å². The number of ether oxygens (including phenoxy) is 2. The zero-order valence-electron chi connectivity index (χ0n) is 16.3. The Labute approximate surface area is 169 Å². The molecule has 0 unspecified atom stereocenters. The van der Waals surface area contributed by atoms with Gasteiger partial charge in [0.15, 0.2) is 5.17 Å². The highest BCUT2D eigenvalue weighted by Crippen LogP contribution is 2.32. The summed E-state index contributed by atoms with van der Waals surface area (Å²) in [6.45, 7) is 2.19. The molecule has 1 fully saturated rings. The fourth-order valence-electron chi connectivity index (χ4n) is 2.79. The average molecular weight is 397 g/mol. The number of methoxy groups -OCH3 is 2. The lowest BCUT2D eigenvalue weighted by atomic mass is 10.1. The Balaban J connectivity index is 1.76. The van der Waals surface area contributed by atoms with Gasteiger partial charge >= 0.3 is 0 Å². The summed E-state index contributed by atoms with van der Waals surface area (Å²) < 4.78 is 10.6. The smallest absolute Gasteiger partial charge is 0.264 e. The second-order valence-corrected chi connectivity index (χ2v) is 7.39. The van der Waals surface area contributed by atoms with Gasteiger partial charge < -0.3 is 14.8 Å². The minimum atomic E-state index is -0.166. The van der Waals surface area contributed by atoms with Crippen LogP contribution >= 0.6 is 11.8 Å². The highest BCUT2D eigenvalue weighted by Gasteiger charge is 2.24. The van der Waals surface area contributed by atoms with E-state index in [1.165, 1.54) is 30.2 Å². The van der Waals surface area contributed by atoms with Gasteiger partial charge in [-0.3, -0.25) is 4.79 Å². The number of amidine groups is 1. The van der Waals surface area contributed by atoms with Crippen molar-refractivity contribution in [2.45, 2.75) is 26.2 Å². The molecular weight excluding hydrogens is 372 g/mol. The van der Waals surface area contributed by atoms with E-state index in [2.05, 4.69) is 29.4 Å². The van der Waals surface area contributed by atoms with Crippen molar-refractivity contribution in [1.29, 1.82) is 0 Å². The first-order chi connectivity index (χ1) is 13.6. The minimum Gasteiger partial charge on any atom is -0.497 e. The second-order valence-electron chi connectivity index (χ2n) is 6.36. The minimum absolute atomic E-state index is 0.166. The van der Waals surface area contributed by atoms with Crippen molar-refractivity contribution in [3.8, 4) is 11.5 Å². The summed E-state index contributed by atoms with van der Waals surface area (Å²) >= 11 is 1.32. The molecule has 5 nitrogen and oxygen atoms in total. The average Bonchev–Trinajstić information content (AvgIpc) is 3.06. The van der Waals surface area contributed by atoms with Gasteiger partial charge in [-0.15, -0.1) is 0 Å². The number of carbonyl (C=O) groups is 1. The van der Waals surface area contributed by atoms with Crippen molar-refractivity contribution in [2.75, 3.05) is 14.2 Å². The summed E-state index contributed by atoms with van der Waals surface area (Å²) in [4.78, 5) is 17.4.